The molecule has 116 valence electrons. The van der Waals surface area contributed by atoms with Gasteiger partial charge in [0.25, 0.3) is 5.78 Å². The zero-order valence-corrected chi connectivity index (χ0v) is 12.4. The summed E-state index contributed by atoms with van der Waals surface area (Å²) < 4.78 is 11.1. The fraction of sp³-hybridized carbons (Fsp3) is 0.500. The summed E-state index contributed by atoms with van der Waals surface area (Å²) in [4.78, 5) is 27.5. The number of hydrogen-bond donors (Lipinski definition) is 1. The lowest BCUT2D eigenvalue weighted by molar-refractivity contribution is -0.903. The summed E-state index contributed by atoms with van der Waals surface area (Å²) in [6.07, 6.45) is 3.62. The van der Waals surface area contributed by atoms with Gasteiger partial charge in [0.15, 0.2) is 18.2 Å². The van der Waals surface area contributed by atoms with Gasteiger partial charge in [0.1, 0.15) is 13.2 Å². The Balaban J connectivity index is 1.66. The van der Waals surface area contributed by atoms with Gasteiger partial charge in [-0.05, 0) is 25.3 Å². The number of anilines is 1. The number of ketones is 1. The highest BCUT2D eigenvalue weighted by atomic mass is 16.6. The number of carbonyl (C=O) groups is 2. The highest BCUT2D eigenvalue weighted by Gasteiger charge is 2.39. The Morgan fingerprint density at radius 1 is 1.00 bits per heavy atom. The van der Waals surface area contributed by atoms with Gasteiger partial charge in [-0.1, -0.05) is 0 Å². The van der Waals surface area contributed by atoms with Crippen molar-refractivity contribution in [3.63, 3.8) is 0 Å². The number of piperidine rings is 1. The maximum absolute atomic E-state index is 12.3. The second-order valence-electron chi connectivity index (χ2n) is 6.04. The Hall–Kier alpha value is -2.08. The molecule has 0 aliphatic carbocycles. The van der Waals surface area contributed by atoms with E-state index in [1.165, 1.54) is 24.2 Å². The first-order valence-electron chi connectivity index (χ1n) is 7.87. The van der Waals surface area contributed by atoms with E-state index in [0.717, 1.165) is 13.1 Å². The van der Waals surface area contributed by atoms with Crippen LogP contribution in [0.2, 0.25) is 0 Å². The Bertz CT molecular complexity index is 637. The van der Waals surface area contributed by atoms with E-state index in [-0.39, 0.29) is 0 Å². The summed E-state index contributed by atoms with van der Waals surface area (Å²) in [7, 11) is 0. The molecule has 0 atom stereocenters. The molecule has 0 saturated carbocycles. The fourth-order valence-electron chi connectivity index (χ4n) is 3.42. The number of nitrogens with one attached hydrogen (secondary N) is 1. The molecule has 3 aliphatic heterocycles. The minimum atomic E-state index is -0.441. The van der Waals surface area contributed by atoms with Crippen molar-refractivity contribution in [1.29, 1.82) is 0 Å². The number of fused-ring (bicyclic) bond motifs is 2. The Morgan fingerprint density at radius 2 is 1.68 bits per heavy atom. The van der Waals surface area contributed by atoms with Crippen molar-refractivity contribution in [3.8, 4) is 11.5 Å². The summed E-state index contributed by atoms with van der Waals surface area (Å²) >= 11 is 0. The lowest BCUT2D eigenvalue weighted by Crippen LogP contribution is -3.14. The topological polar surface area (TPSA) is 60.3 Å². The molecule has 0 unspecified atom stereocenters. The second-order valence-corrected chi connectivity index (χ2v) is 6.04. The van der Waals surface area contributed by atoms with E-state index in [9.17, 15) is 9.59 Å². The van der Waals surface area contributed by atoms with Gasteiger partial charge in [-0.3, -0.25) is 14.5 Å². The van der Waals surface area contributed by atoms with Gasteiger partial charge in [0, 0.05) is 6.07 Å². The van der Waals surface area contributed by atoms with E-state index in [0.29, 0.717) is 42.6 Å². The van der Waals surface area contributed by atoms with Crippen LogP contribution in [0.3, 0.4) is 0 Å². The minimum absolute atomic E-state index is 0.435. The molecule has 3 aliphatic rings. The van der Waals surface area contributed by atoms with Gasteiger partial charge in [-0.25, -0.2) is 0 Å². The molecule has 1 aromatic carbocycles. The molecule has 0 spiro atoms. The van der Waals surface area contributed by atoms with Crippen LogP contribution in [0.25, 0.3) is 0 Å². The van der Waals surface area contributed by atoms with E-state index < -0.39 is 11.7 Å². The van der Waals surface area contributed by atoms with Crippen LogP contribution in [0.15, 0.2) is 12.1 Å². The third kappa shape index (κ3) is 2.14. The first kappa shape index (κ1) is 13.6. The van der Waals surface area contributed by atoms with Crippen molar-refractivity contribution in [2.24, 2.45) is 0 Å². The molecule has 0 radical (unpaired) electrons. The molecule has 0 aromatic heterocycles. The van der Waals surface area contributed by atoms with Crippen molar-refractivity contribution in [2.75, 3.05) is 37.9 Å². The van der Waals surface area contributed by atoms with Crippen LogP contribution in [0, 0.1) is 0 Å². The molecule has 22 heavy (non-hydrogen) atoms. The van der Waals surface area contributed by atoms with Crippen molar-refractivity contribution in [1.82, 2.24) is 0 Å². The predicted octanol–water partition coefficient (Wildman–Crippen LogP) is 0.0134. The van der Waals surface area contributed by atoms with Crippen LogP contribution in [-0.4, -0.2) is 44.7 Å². The lowest BCUT2D eigenvalue weighted by atomic mass is 10.1. The highest BCUT2D eigenvalue weighted by molar-refractivity contribution is 6.52. The average Bonchev–Trinajstić information content (AvgIpc) is 2.79. The molecule has 6 heteroatoms. The van der Waals surface area contributed by atoms with Crippen LogP contribution in [0.5, 0.6) is 11.5 Å². The molecule has 1 saturated heterocycles. The summed E-state index contributed by atoms with van der Waals surface area (Å²) in [6.45, 7) is 3.62. The maximum atomic E-state index is 12.3. The molecule has 1 fully saturated rings. The summed E-state index contributed by atoms with van der Waals surface area (Å²) in [5.74, 6) is 0.295. The third-order valence-corrected chi connectivity index (χ3v) is 4.58. The number of hydrogen-bond acceptors (Lipinski definition) is 4. The normalized spacial score (nSPS) is 21.2. The number of rotatable bonds is 2. The monoisotopic (exact) mass is 303 g/mol. The standard InChI is InChI=1S/C16H18N2O4/c19-15-11-8-13-14(22-7-6-21-13)9-12(11)18(16(15)20)10-17-4-2-1-3-5-17/h8-9H,1-7,10H2/p+1. The summed E-state index contributed by atoms with van der Waals surface area (Å²) in [5, 5.41) is 0. The predicted molar refractivity (Wildman–Crippen MR) is 78.7 cm³/mol. The molecule has 6 nitrogen and oxygen atoms in total. The fourth-order valence-corrected chi connectivity index (χ4v) is 3.42. The van der Waals surface area contributed by atoms with Crippen LogP contribution < -0.4 is 19.3 Å². The first-order chi connectivity index (χ1) is 10.7. The lowest BCUT2D eigenvalue weighted by Gasteiger charge is -2.28. The molecule has 1 aromatic rings. The van der Waals surface area contributed by atoms with E-state index in [4.69, 9.17) is 9.47 Å². The SMILES string of the molecule is O=C1C(=O)N(C[NH+]2CCCCC2)c2cc3c(cc21)OCCO3. The van der Waals surface area contributed by atoms with Crippen LogP contribution in [-0.2, 0) is 4.79 Å². The largest absolute Gasteiger partial charge is 0.486 e. The van der Waals surface area contributed by atoms with Crippen LogP contribution >= 0.6 is 0 Å². The summed E-state index contributed by atoms with van der Waals surface area (Å²) in [6, 6.07) is 3.42. The number of benzene rings is 1. The first-order valence-corrected chi connectivity index (χ1v) is 7.87. The number of likely N-dealkylation sites (tertiary alicyclic amines) is 1. The van der Waals surface area contributed by atoms with E-state index >= 15 is 0 Å². The number of amides is 1. The van der Waals surface area contributed by atoms with Gasteiger partial charge < -0.3 is 14.4 Å². The molecular formula is C16H19N2O4+. The van der Waals surface area contributed by atoms with Crippen molar-refractivity contribution in [2.45, 2.75) is 19.3 Å². The van der Waals surface area contributed by atoms with Crippen molar-refractivity contribution >= 4 is 17.4 Å². The van der Waals surface area contributed by atoms with Gasteiger partial charge in [0.05, 0.1) is 24.3 Å². The average molecular weight is 303 g/mol. The second kappa shape index (κ2) is 5.28. The van der Waals surface area contributed by atoms with Gasteiger partial charge >= 0.3 is 5.91 Å². The van der Waals surface area contributed by atoms with Gasteiger partial charge in [0.2, 0.25) is 0 Å². The molecular weight excluding hydrogens is 284 g/mol. The minimum Gasteiger partial charge on any atom is -0.486 e. The molecule has 4 rings (SSSR count). The molecule has 0 bridgehead atoms. The Labute approximate surface area is 128 Å². The molecule has 1 amide bonds. The molecule has 3 heterocycles. The smallest absolute Gasteiger partial charge is 0.303 e. The van der Waals surface area contributed by atoms with E-state index in [1.54, 1.807) is 17.0 Å². The number of nitrogens with zero attached hydrogens (tertiary/aromatic N) is 1. The number of quaternary nitrogens is 1. The zero-order valence-electron chi connectivity index (χ0n) is 12.4. The Morgan fingerprint density at radius 3 is 2.41 bits per heavy atom. The van der Waals surface area contributed by atoms with E-state index in [2.05, 4.69) is 0 Å². The highest BCUT2D eigenvalue weighted by Crippen LogP contribution is 2.40. The van der Waals surface area contributed by atoms with Crippen LogP contribution in [0.4, 0.5) is 5.69 Å². The van der Waals surface area contributed by atoms with Crippen LogP contribution in [0.1, 0.15) is 29.6 Å². The Kier molecular flexibility index (Phi) is 3.26. The zero-order chi connectivity index (χ0) is 15.1. The third-order valence-electron chi connectivity index (χ3n) is 4.58. The quantitative estimate of drug-likeness (QED) is 0.782. The number of Topliss-reactive ketones (excluding diaryl/α,β-unsaturated/α-hetero) is 1. The molecule has 1 N–H and O–H groups in total. The van der Waals surface area contributed by atoms with Crippen molar-refractivity contribution in [3.05, 3.63) is 17.7 Å². The van der Waals surface area contributed by atoms with Gasteiger partial charge in [-0.2, -0.15) is 0 Å². The van der Waals surface area contributed by atoms with Crippen molar-refractivity contribution < 1.29 is 24.0 Å². The van der Waals surface area contributed by atoms with Gasteiger partial charge in [-0.15, -0.1) is 0 Å². The number of ether oxygens (including phenoxy) is 2. The maximum Gasteiger partial charge on any atom is 0.303 e. The number of carbonyl (C=O) groups excluding carboxylic acids is 2. The summed E-state index contributed by atoms with van der Waals surface area (Å²) in [5.41, 5.74) is 1.10. The van der Waals surface area contributed by atoms with E-state index in [1.807, 2.05) is 0 Å².